The van der Waals surface area contributed by atoms with Crippen LogP contribution in [0.15, 0.2) is 0 Å². The molecule has 3 nitrogen and oxygen atoms in total. The van der Waals surface area contributed by atoms with Crippen molar-refractivity contribution in [3.63, 3.8) is 0 Å². The van der Waals surface area contributed by atoms with Crippen molar-refractivity contribution in [3.05, 3.63) is 0 Å². The molecule has 1 atom stereocenters. The largest absolute Gasteiger partial charge is 0.412 e. The zero-order chi connectivity index (χ0) is 6.08. The van der Waals surface area contributed by atoms with Crippen molar-refractivity contribution < 1.29 is 15.7 Å². The average Bonchev–Trinajstić information content (AvgIpc) is 1.31. The minimum absolute atomic E-state index is 0. The Morgan fingerprint density at radius 2 is 1.50 bits per heavy atom. The minimum atomic E-state index is -2.23. The standard InChI is InChI=1S/C2H3Cl3O2.H2O/c3-1(6)2(4,5)7;/h1,6-7H;1H2. The maximum Gasteiger partial charge on any atom is 0.255 e. The highest BCUT2D eigenvalue weighted by molar-refractivity contribution is 6.50. The van der Waals surface area contributed by atoms with E-state index in [0.717, 1.165) is 0 Å². The maximum atomic E-state index is 8.24. The number of aliphatic hydroxyl groups excluding tert-OH is 1. The highest BCUT2D eigenvalue weighted by Crippen LogP contribution is 2.23. The molecule has 4 N–H and O–H groups in total. The number of rotatable bonds is 1. The van der Waals surface area contributed by atoms with Gasteiger partial charge in [0.2, 0.25) is 0 Å². The van der Waals surface area contributed by atoms with Crippen molar-refractivity contribution in [2.24, 2.45) is 0 Å². The van der Waals surface area contributed by atoms with E-state index in [1.54, 1.807) is 0 Å². The van der Waals surface area contributed by atoms with Crippen molar-refractivity contribution >= 4 is 34.8 Å². The van der Waals surface area contributed by atoms with Gasteiger partial charge in [0.1, 0.15) is 0 Å². The number of alkyl halides is 3. The Morgan fingerprint density at radius 3 is 1.50 bits per heavy atom. The summed E-state index contributed by atoms with van der Waals surface area (Å²) < 4.78 is -2.23. The van der Waals surface area contributed by atoms with Crippen LogP contribution in [0.1, 0.15) is 0 Å². The van der Waals surface area contributed by atoms with Gasteiger partial charge in [0, 0.05) is 0 Å². The molecule has 0 spiro atoms. The van der Waals surface area contributed by atoms with Crippen molar-refractivity contribution in [2.45, 2.75) is 10.1 Å². The summed E-state index contributed by atoms with van der Waals surface area (Å²) in [5.41, 5.74) is -1.64. The molecule has 0 aromatic heterocycles. The molecule has 0 aliphatic heterocycles. The monoisotopic (exact) mass is 182 g/mol. The Hall–Kier alpha value is 0.750. The van der Waals surface area contributed by atoms with Crippen LogP contribution >= 0.6 is 34.8 Å². The van der Waals surface area contributed by atoms with Crippen LogP contribution in [0.4, 0.5) is 0 Å². The lowest BCUT2D eigenvalue weighted by atomic mass is 10.8. The van der Waals surface area contributed by atoms with Crippen molar-refractivity contribution in [1.82, 2.24) is 0 Å². The molecule has 0 aliphatic carbocycles. The van der Waals surface area contributed by atoms with E-state index >= 15 is 0 Å². The summed E-state index contributed by atoms with van der Waals surface area (Å²) in [5.74, 6) is 0. The summed E-state index contributed by atoms with van der Waals surface area (Å²) in [6, 6.07) is 0. The van der Waals surface area contributed by atoms with Crippen molar-refractivity contribution in [3.8, 4) is 0 Å². The van der Waals surface area contributed by atoms with Gasteiger partial charge in [-0.05, 0) is 0 Å². The molecule has 0 saturated carbocycles. The third-order valence-electron chi connectivity index (χ3n) is 0.287. The van der Waals surface area contributed by atoms with E-state index in [1.165, 1.54) is 0 Å². The molecule has 8 heavy (non-hydrogen) atoms. The first-order valence-electron chi connectivity index (χ1n) is 1.37. The zero-order valence-corrected chi connectivity index (χ0v) is 5.87. The molecular formula is C2H5Cl3O3. The Balaban J connectivity index is 0. The highest BCUT2D eigenvalue weighted by Gasteiger charge is 2.27. The van der Waals surface area contributed by atoms with E-state index in [1.807, 2.05) is 0 Å². The number of halogens is 3. The Labute approximate surface area is 61.1 Å². The molecule has 0 heterocycles. The van der Waals surface area contributed by atoms with Crippen LogP contribution in [0.5, 0.6) is 0 Å². The van der Waals surface area contributed by atoms with Crippen LogP contribution in [-0.2, 0) is 0 Å². The van der Waals surface area contributed by atoms with Crippen LogP contribution in [0, 0.1) is 0 Å². The summed E-state index contributed by atoms with van der Waals surface area (Å²) in [5, 5.41) is 16.4. The predicted octanol–water partition coefficient (Wildman–Crippen LogP) is -0.157. The number of aliphatic hydroxyl groups is 2. The molecule has 6 heteroatoms. The van der Waals surface area contributed by atoms with Crippen LogP contribution in [0.25, 0.3) is 0 Å². The molecule has 0 rings (SSSR count). The van der Waals surface area contributed by atoms with Gasteiger partial charge >= 0.3 is 0 Å². The van der Waals surface area contributed by atoms with Gasteiger partial charge in [0.15, 0.2) is 5.56 Å². The van der Waals surface area contributed by atoms with Gasteiger partial charge in [0.25, 0.3) is 4.52 Å². The van der Waals surface area contributed by atoms with E-state index < -0.39 is 10.1 Å². The molecule has 0 amide bonds. The van der Waals surface area contributed by atoms with E-state index in [2.05, 4.69) is 0 Å². The topological polar surface area (TPSA) is 72.0 Å². The van der Waals surface area contributed by atoms with Gasteiger partial charge in [0.05, 0.1) is 0 Å². The fourth-order valence-electron chi connectivity index (χ4n) is 0. The number of hydrogen-bond donors (Lipinski definition) is 2. The van der Waals surface area contributed by atoms with E-state index in [9.17, 15) is 0 Å². The molecule has 1 unspecified atom stereocenters. The minimum Gasteiger partial charge on any atom is -0.412 e. The van der Waals surface area contributed by atoms with Gasteiger partial charge in [-0.2, -0.15) is 0 Å². The molecular weight excluding hydrogens is 178 g/mol. The van der Waals surface area contributed by atoms with E-state index in [-0.39, 0.29) is 5.48 Å². The second-order valence-electron chi connectivity index (χ2n) is 0.924. The molecule has 0 aliphatic rings. The molecule has 0 fully saturated rings. The fraction of sp³-hybridized carbons (Fsp3) is 1.00. The van der Waals surface area contributed by atoms with Crippen LogP contribution < -0.4 is 0 Å². The van der Waals surface area contributed by atoms with Gasteiger partial charge in [-0.1, -0.05) is 34.8 Å². The Bertz CT molecular complexity index is 58.0. The van der Waals surface area contributed by atoms with Crippen LogP contribution in [-0.4, -0.2) is 25.8 Å². The van der Waals surface area contributed by atoms with Gasteiger partial charge < -0.3 is 15.7 Å². The highest BCUT2D eigenvalue weighted by atomic mass is 35.5. The smallest absolute Gasteiger partial charge is 0.255 e. The van der Waals surface area contributed by atoms with Gasteiger partial charge in [-0.15, -0.1) is 0 Å². The Kier molecular flexibility index (Phi) is 5.36. The zero-order valence-electron chi connectivity index (χ0n) is 3.61. The SMILES string of the molecule is O.OC(Cl)C(O)(Cl)Cl. The molecule has 0 saturated heterocycles. The van der Waals surface area contributed by atoms with Crippen LogP contribution in [0.3, 0.4) is 0 Å². The first-order valence-corrected chi connectivity index (χ1v) is 2.56. The lowest BCUT2D eigenvalue weighted by Crippen LogP contribution is -2.24. The summed E-state index contributed by atoms with van der Waals surface area (Å²) in [6.45, 7) is 0. The predicted molar refractivity (Wildman–Crippen MR) is 32.1 cm³/mol. The maximum absolute atomic E-state index is 8.24. The molecule has 0 aromatic carbocycles. The molecule has 0 aromatic rings. The summed E-state index contributed by atoms with van der Waals surface area (Å²) in [4.78, 5) is 0. The lowest BCUT2D eigenvalue weighted by Gasteiger charge is -2.11. The molecule has 0 bridgehead atoms. The lowest BCUT2D eigenvalue weighted by molar-refractivity contribution is 0.0953. The molecule has 0 radical (unpaired) electrons. The van der Waals surface area contributed by atoms with Crippen molar-refractivity contribution in [2.75, 3.05) is 0 Å². The fourth-order valence-corrected chi connectivity index (χ4v) is 0. The second kappa shape index (κ2) is 3.71. The quantitative estimate of drug-likeness (QED) is 0.555. The summed E-state index contributed by atoms with van der Waals surface area (Å²) in [7, 11) is 0. The van der Waals surface area contributed by atoms with Gasteiger partial charge in [-0.25, -0.2) is 0 Å². The van der Waals surface area contributed by atoms with Crippen LogP contribution in [0.2, 0.25) is 0 Å². The average molecular weight is 183 g/mol. The van der Waals surface area contributed by atoms with E-state index in [0.29, 0.717) is 0 Å². The third kappa shape index (κ3) is 4.90. The van der Waals surface area contributed by atoms with Crippen molar-refractivity contribution in [1.29, 1.82) is 0 Å². The number of hydrogen-bond acceptors (Lipinski definition) is 2. The Morgan fingerprint density at radius 1 is 1.38 bits per heavy atom. The second-order valence-corrected chi connectivity index (χ2v) is 2.68. The van der Waals surface area contributed by atoms with Gasteiger partial charge in [-0.3, -0.25) is 0 Å². The molecule has 52 valence electrons. The first-order chi connectivity index (χ1) is 2.94. The van der Waals surface area contributed by atoms with E-state index in [4.69, 9.17) is 45.0 Å². The summed E-state index contributed by atoms with van der Waals surface area (Å²) in [6.07, 6.45) is 0. The normalized spacial score (nSPS) is 14.6. The summed E-state index contributed by atoms with van der Waals surface area (Å²) >= 11 is 14.4. The first kappa shape index (κ1) is 11.5. The third-order valence-corrected chi connectivity index (χ3v) is 1.24.